The second-order valence-corrected chi connectivity index (χ2v) is 6.97. The third-order valence-corrected chi connectivity index (χ3v) is 4.96. The molecule has 0 fully saturated rings. The van der Waals surface area contributed by atoms with Gasteiger partial charge in [0.2, 0.25) is 0 Å². The number of aliphatic hydroxyl groups is 1. The summed E-state index contributed by atoms with van der Waals surface area (Å²) in [5.74, 6) is -1.81. The van der Waals surface area contributed by atoms with E-state index in [1.54, 1.807) is 42.5 Å². The van der Waals surface area contributed by atoms with Crippen LogP contribution in [0.4, 0.5) is 4.39 Å². The first-order chi connectivity index (χ1) is 13.5. The number of carbonyl (C=O) groups excluding carboxylic acids is 2. The maximum atomic E-state index is 13.2. The van der Waals surface area contributed by atoms with Crippen molar-refractivity contribution in [3.63, 3.8) is 0 Å². The van der Waals surface area contributed by atoms with E-state index >= 15 is 0 Å². The normalized spacial score (nSPS) is 12.8. The van der Waals surface area contributed by atoms with Crippen molar-refractivity contribution in [2.75, 3.05) is 6.61 Å². The quantitative estimate of drug-likeness (QED) is 0.598. The first-order valence-electron chi connectivity index (χ1n) is 8.52. The summed E-state index contributed by atoms with van der Waals surface area (Å²) in [7, 11) is 0. The molecule has 0 saturated carbocycles. The Labute approximate surface area is 165 Å². The van der Waals surface area contributed by atoms with Crippen molar-refractivity contribution in [3.8, 4) is 0 Å². The van der Waals surface area contributed by atoms with Crippen molar-refractivity contribution >= 4 is 23.2 Å². The summed E-state index contributed by atoms with van der Waals surface area (Å²) in [5.41, 5.74) is 1.09. The summed E-state index contributed by atoms with van der Waals surface area (Å²) in [6, 6.07) is 17.3. The van der Waals surface area contributed by atoms with Crippen LogP contribution >= 0.6 is 11.3 Å². The summed E-state index contributed by atoms with van der Waals surface area (Å²) < 4.78 is 18.2. The van der Waals surface area contributed by atoms with Gasteiger partial charge in [-0.2, -0.15) is 0 Å². The predicted octanol–water partition coefficient (Wildman–Crippen LogP) is 3.37. The fraction of sp³-hybridized carbons (Fsp3) is 0.143. The largest absolute Gasteiger partial charge is 0.453 e. The molecule has 1 aromatic heterocycles. The van der Waals surface area contributed by atoms with Gasteiger partial charge in [0.05, 0.1) is 6.04 Å². The van der Waals surface area contributed by atoms with Crippen LogP contribution in [-0.2, 0) is 14.3 Å². The smallest absolute Gasteiger partial charge is 0.340 e. The first kappa shape index (κ1) is 19.7. The Balaban J connectivity index is 1.62. The van der Waals surface area contributed by atoms with E-state index in [9.17, 15) is 19.1 Å². The van der Waals surface area contributed by atoms with Gasteiger partial charge in [-0.05, 0) is 34.7 Å². The minimum atomic E-state index is -1.46. The minimum absolute atomic E-state index is 0.371. The van der Waals surface area contributed by atoms with Gasteiger partial charge in [0.1, 0.15) is 5.82 Å². The van der Waals surface area contributed by atoms with Crippen molar-refractivity contribution in [3.05, 3.63) is 93.9 Å². The minimum Gasteiger partial charge on any atom is -0.453 e. The molecule has 0 aliphatic heterocycles. The van der Waals surface area contributed by atoms with Gasteiger partial charge in [0.15, 0.2) is 12.7 Å². The van der Waals surface area contributed by atoms with Gasteiger partial charge in [-0.15, -0.1) is 11.3 Å². The number of thiophene rings is 1. The molecule has 2 N–H and O–H groups in total. The lowest BCUT2D eigenvalue weighted by Gasteiger charge is -2.18. The number of nitrogens with one attached hydrogen (secondary N) is 1. The second-order valence-electron chi connectivity index (χ2n) is 5.99. The molecule has 144 valence electrons. The molecule has 3 rings (SSSR count). The van der Waals surface area contributed by atoms with Crippen LogP contribution in [0.25, 0.3) is 0 Å². The van der Waals surface area contributed by atoms with E-state index in [-0.39, 0.29) is 5.82 Å². The standard InChI is InChI=1S/C21H18FNO4S/c22-16-10-8-14(9-11-16)19(17-7-4-12-28-17)23-18(24)13-27-21(26)20(25)15-5-2-1-3-6-15/h1-12,19-20,25H,13H2,(H,23,24)/t19-,20-/m0/s1. The summed E-state index contributed by atoms with van der Waals surface area (Å²) in [6.07, 6.45) is -1.46. The van der Waals surface area contributed by atoms with Gasteiger partial charge in [-0.3, -0.25) is 4.79 Å². The zero-order valence-corrected chi connectivity index (χ0v) is 15.6. The van der Waals surface area contributed by atoms with Crippen molar-refractivity contribution in [1.82, 2.24) is 5.32 Å². The molecule has 28 heavy (non-hydrogen) atoms. The van der Waals surface area contributed by atoms with E-state index in [1.807, 2.05) is 17.5 Å². The van der Waals surface area contributed by atoms with Crippen molar-refractivity contribution in [1.29, 1.82) is 0 Å². The van der Waals surface area contributed by atoms with E-state index in [4.69, 9.17) is 4.74 Å². The average Bonchev–Trinajstić information content (AvgIpc) is 3.25. The van der Waals surface area contributed by atoms with Crippen LogP contribution in [0.5, 0.6) is 0 Å². The Hall–Kier alpha value is -3.03. The summed E-state index contributed by atoms with van der Waals surface area (Å²) in [4.78, 5) is 25.1. The molecule has 5 nitrogen and oxygen atoms in total. The Morgan fingerprint density at radius 3 is 2.36 bits per heavy atom. The maximum Gasteiger partial charge on any atom is 0.340 e. The van der Waals surface area contributed by atoms with Crippen molar-refractivity contribution in [2.24, 2.45) is 0 Å². The zero-order chi connectivity index (χ0) is 19.9. The number of hydrogen-bond donors (Lipinski definition) is 2. The van der Waals surface area contributed by atoms with Crippen LogP contribution in [0, 0.1) is 5.82 Å². The highest BCUT2D eigenvalue weighted by molar-refractivity contribution is 7.10. The Morgan fingerprint density at radius 2 is 1.71 bits per heavy atom. The van der Waals surface area contributed by atoms with Crippen LogP contribution in [-0.4, -0.2) is 23.6 Å². The monoisotopic (exact) mass is 399 g/mol. The number of benzene rings is 2. The molecule has 0 unspecified atom stereocenters. The number of ether oxygens (including phenoxy) is 1. The molecular formula is C21H18FNO4S. The van der Waals surface area contributed by atoms with Crippen LogP contribution < -0.4 is 5.32 Å². The Morgan fingerprint density at radius 1 is 1.00 bits per heavy atom. The lowest BCUT2D eigenvalue weighted by Crippen LogP contribution is -2.33. The third-order valence-electron chi connectivity index (χ3n) is 4.02. The molecule has 2 atom stereocenters. The lowest BCUT2D eigenvalue weighted by molar-refractivity contribution is -0.157. The zero-order valence-electron chi connectivity index (χ0n) is 14.7. The highest BCUT2D eigenvalue weighted by Crippen LogP contribution is 2.26. The molecule has 0 aliphatic rings. The molecule has 1 amide bonds. The Kier molecular flexibility index (Phi) is 6.52. The number of halogens is 1. The molecular weight excluding hydrogens is 381 g/mol. The van der Waals surface area contributed by atoms with Crippen LogP contribution in [0.2, 0.25) is 0 Å². The lowest BCUT2D eigenvalue weighted by atomic mass is 10.1. The van der Waals surface area contributed by atoms with Gasteiger partial charge < -0.3 is 15.2 Å². The first-order valence-corrected chi connectivity index (χ1v) is 9.40. The molecule has 0 bridgehead atoms. The number of rotatable bonds is 7. The third kappa shape index (κ3) is 5.03. The molecule has 0 saturated heterocycles. The van der Waals surface area contributed by atoms with Crippen molar-refractivity contribution < 1.29 is 23.8 Å². The van der Waals surface area contributed by atoms with Gasteiger partial charge in [-0.1, -0.05) is 48.5 Å². The van der Waals surface area contributed by atoms with E-state index < -0.39 is 30.6 Å². The van der Waals surface area contributed by atoms with E-state index in [2.05, 4.69) is 5.32 Å². The number of amides is 1. The SMILES string of the molecule is O=C(COC(=O)[C@@H](O)c1ccccc1)N[C@@H](c1ccc(F)cc1)c1cccs1. The number of esters is 1. The average molecular weight is 399 g/mol. The molecule has 2 aromatic carbocycles. The topological polar surface area (TPSA) is 75.6 Å². The van der Waals surface area contributed by atoms with Gasteiger partial charge in [0, 0.05) is 4.88 Å². The fourth-order valence-electron chi connectivity index (χ4n) is 2.62. The molecule has 0 spiro atoms. The molecule has 0 radical (unpaired) electrons. The van der Waals surface area contributed by atoms with Crippen LogP contribution in [0.15, 0.2) is 72.1 Å². The predicted molar refractivity (Wildman–Crippen MR) is 103 cm³/mol. The van der Waals surface area contributed by atoms with Gasteiger partial charge >= 0.3 is 5.97 Å². The number of hydrogen-bond acceptors (Lipinski definition) is 5. The maximum absolute atomic E-state index is 13.2. The molecule has 3 aromatic rings. The van der Waals surface area contributed by atoms with E-state index in [0.717, 1.165) is 4.88 Å². The van der Waals surface area contributed by atoms with Gasteiger partial charge in [0.25, 0.3) is 5.91 Å². The van der Waals surface area contributed by atoms with Crippen LogP contribution in [0.3, 0.4) is 0 Å². The van der Waals surface area contributed by atoms with Crippen molar-refractivity contribution in [2.45, 2.75) is 12.1 Å². The molecule has 1 heterocycles. The molecule has 7 heteroatoms. The Bertz CT molecular complexity index is 913. The highest BCUT2D eigenvalue weighted by Gasteiger charge is 2.22. The fourth-order valence-corrected chi connectivity index (χ4v) is 3.42. The number of aliphatic hydroxyl groups excluding tert-OH is 1. The molecule has 0 aliphatic carbocycles. The summed E-state index contributed by atoms with van der Waals surface area (Å²) >= 11 is 1.44. The highest BCUT2D eigenvalue weighted by atomic mass is 32.1. The van der Waals surface area contributed by atoms with E-state index in [0.29, 0.717) is 11.1 Å². The van der Waals surface area contributed by atoms with Crippen LogP contribution in [0.1, 0.15) is 28.1 Å². The summed E-state index contributed by atoms with van der Waals surface area (Å²) in [6.45, 7) is -0.536. The second kappa shape index (κ2) is 9.25. The van der Waals surface area contributed by atoms with Gasteiger partial charge in [-0.25, -0.2) is 9.18 Å². The summed E-state index contributed by atoms with van der Waals surface area (Å²) in [5, 5.41) is 14.6. The number of carbonyl (C=O) groups is 2. The van der Waals surface area contributed by atoms with E-state index in [1.165, 1.54) is 23.5 Å².